The normalized spacial score (nSPS) is 22.1. The van der Waals surface area contributed by atoms with Crippen molar-refractivity contribution in [3.8, 4) is 0 Å². The molecule has 1 aromatic carbocycles. The fourth-order valence-corrected chi connectivity index (χ4v) is 2.47. The first kappa shape index (κ1) is 11.0. The van der Waals surface area contributed by atoms with Crippen LogP contribution in [-0.4, -0.2) is 12.5 Å². The van der Waals surface area contributed by atoms with Crippen molar-refractivity contribution in [2.24, 2.45) is 5.73 Å². The monoisotopic (exact) mass is 275 g/mol. The Bertz CT molecular complexity index is 353. The molecular formula is C11H12BrF2N. The van der Waals surface area contributed by atoms with Gasteiger partial charge in [-0.1, -0.05) is 28.1 Å². The Morgan fingerprint density at radius 3 is 2.13 bits per heavy atom. The maximum absolute atomic E-state index is 12.9. The van der Waals surface area contributed by atoms with Gasteiger partial charge in [0.2, 0.25) is 5.92 Å². The molecule has 2 rings (SSSR count). The van der Waals surface area contributed by atoms with Crippen molar-refractivity contribution in [3.05, 3.63) is 34.3 Å². The summed E-state index contributed by atoms with van der Waals surface area (Å²) in [5, 5.41) is 0. The zero-order valence-corrected chi connectivity index (χ0v) is 9.73. The first-order chi connectivity index (χ1) is 6.97. The summed E-state index contributed by atoms with van der Waals surface area (Å²) in [7, 11) is 0. The Morgan fingerprint density at radius 2 is 1.73 bits per heavy atom. The Kier molecular flexibility index (Phi) is 2.59. The van der Waals surface area contributed by atoms with Gasteiger partial charge in [-0.05, 0) is 17.7 Å². The highest BCUT2D eigenvalue weighted by Gasteiger charge is 2.56. The Hall–Kier alpha value is -0.480. The van der Waals surface area contributed by atoms with Gasteiger partial charge in [0.15, 0.2) is 0 Å². The summed E-state index contributed by atoms with van der Waals surface area (Å²) in [6.07, 6.45) is -0.254. The van der Waals surface area contributed by atoms with E-state index in [2.05, 4.69) is 15.9 Å². The zero-order valence-electron chi connectivity index (χ0n) is 8.14. The summed E-state index contributed by atoms with van der Waals surface area (Å²) in [6, 6.07) is 7.46. The van der Waals surface area contributed by atoms with Crippen molar-refractivity contribution in [2.75, 3.05) is 6.54 Å². The molecule has 0 amide bonds. The number of halogens is 3. The fraction of sp³-hybridized carbons (Fsp3) is 0.455. The van der Waals surface area contributed by atoms with Gasteiger partial charge in [-0.3, -0.25) is 0 Å². The molecule has 1 nitrogen and oxygen atoms in total. The van der Waals surface area contributed by atoms with Crippen molar-refractivity contribution in [1.29, 1.82) is 0 Å². The number of hydrogen-bond donors (Lipinski definition) is 1. The highest BCUT2D eigenvalue weighted by Crippen LogP contribution is 2.52. The molecule has 0 aliphatic heterocycles. The molecular weight excluding hydrogens is 264 g/mol. The topological polar surface area (TPSA) is 26.0 Å². The van der Waals surface area contributed by atoms with E-state index in [0.717, 1.165) is 10.0 Å². The maximum atomic E-state index is 12.9. The predicted molar refractivity (Wildman–Crippen MR) is 59.1 cm³/mol. The molecule has 2 N–H and O–H groups in total. The lowest BCUT2D eigenvalue weighted by Gasteiger charge is -2.47. The lowest BCUT2D eigenvalue weighted by Crippen LogP contribution is -2.53. The van der Waals surface area contributed by atoms with E-state index >= 15 is 0 Å². The highest BCUT2D eigenvalue weighted by atomic mass is 79.9. The minimum absolute atomic E-state index is 0.127. The van der Waals surface area contributed by atoms with Crippen LogP contribution >= 0.6 is 15.9 Å². The van der Waals surface area contributed by atoms with Gasteiger partial charge in [0, 0.05) is 29.3 Å². The molecule has 0 unspecified atom stereocenters. The third-order valence-electron chi connectivity index (χ3n) is 3.04. The van der Waals surface area contributed by atoms with Crippen molar-refractivity contribution in [2.45, 2.75) is 24.2 Å². The second-order valence-electron chi connectivity index (χ2n) is 4.20. The molecule has 0 radical (unpaired) electrons. The number of alkyl halides is 2. The van der Waals surface area contributed by atoms with E-state index in [-0.39, 0.29) is 19.4 Å². The Labute approximate surface area is 95.8 Å². The SMILES string of the molecule is NCC1(c2ccc(Br)cc2)CC(F)(F)C1. The summed E-state index contributed by atoms with van der Waals surface area (Å²) >= 11 is 3.32. The lowest BCUT2D eigenvalue weighted by atomic mass is 9.62. The van der Waals surface area contributed by atoms with E-state index in [1.807, 2.05) is 24.3 Å². The van der Waals surface area contributed by atoms with Crippen molar-refractivity contribution < 1.29 is 8.78 Å². The van der Waals surface area contributed by atoms with Crippen LogP contribution in [-0.2, 0) is 5.41 Å². The molecule has 1 aliphatic carbocycles. The average molecular weight is 276 g/mol. The Balaban J connectivity index is 2.25. The molecule has 1 aromatic rings. The van der Waals surface area contributed by atoms with Gasteiger partial charge >= 0.3 is 0 Å². The van der Waals surface area contributed by atoms with Crippen molar-refractivity contribution >= 4 is 15.9 Å². The smallest absolute Gasteiger partial charge is 0.250 e. The third kappa shape index (κ3) is 1.93. The number of rotatable bonds is 2. The Morgan fingerprint density at radius 1 is 1.20 bits per heavy atom. The summed E-state index contributed by atoms with van der Waals surface area (Å²) in [4.78, 5) is 0. The van der Waals surface area contributed by atoms with Crippen LogP contribution in [0.15, 0.2) is 28.7 Å². The standard InChI is InChI=1S/C11H12BrF2N/c12-9-3-1-8(2-4-9)10(7-15)5-11(13,14)6-10/h1-4H,5-7,15H2. The summed E-state index contributed by atoms with van der Waals surface area (Å²) in [6.45, 7) is 0.282. The van der Waals surface area contributed by atoms with E-state index in [4.69, 9.17) is 5.73 Å². The van der Waals surface area contributed by atoms with E-state index in [9.17, 15) is 8.78 Å². The molecule has 82 valence electrons. The van der Waals surface area contributed by atoms with Crippen LogP contribution in [0.5, 0.6) is 0 Å². The molecule has 0 atom stereocenters. The van der Waals surface area contributed by atoms with Crippen LogP contribution < -0.4 is 5.73 Å². The van der Waals surface area contributed by atoms with Crippen LogP contribution in [0.3, 0.4) is 0 Å². The molecule has 15 heavy (non-hydrogen) atoms. The van der Waals surface area contributed by atoms with Crippen molar-refractivity contribution in [1.82, 2.24) is 0 Å². The number of nitrogens with two attached hydrogens (primary N) is 1. The van der Waals surface area contributed by atoms with Gasteiger partial charge < -0.3 is 5.73 Å². The van der Waals surface area contributed by atoms with Crippen molar-refractivity contribution in [3.63, 3.8) is 0 Å². The maximum Gasteiger partial charge on any atom is 0.250 e. The largest absolute Gasteiger partial charge is 0.330 e. The lowest BCUT2D eigenvalue weighted by molar-refractivity contribution is -0.123. The summed E-state index contributed by atoms with van der Waals surface area (Å²) in [5.74, 6) is -2.54. The van der Waals surface area contributed by atoms with Crippen LogP contribution in [0.1, 0.15) is 18.4 Å². The quantitative estimate of drug-likeness (QED) is 0.882. The average Bonchev–Trinajstić information content (AvgIpc) is 2.14. The van der Waals surface area contributed by atoms with Gasteiger partial charge in [0.05, 0.1) is 0 Å². The van der Waals surface area contributed by atoms with Gasteiger partial charge in [-0.2, -0.15) is 0 Å². The first-order valence-corrected chi connectivity index (χ1v) is 5.61. The van der Waals surface area contributed by atoms with Crippen LogP contribution in [0.25, 0.3) is 0 Å². The zero-order chi connectivity index (χ0) is 11.1. The fourth-order valence-electron chi connectivity index (χ4n) is 2.21. The van der Waals surface area contributed by atoms with E-state index < -0.39 is 11.3 Å². The second-order valence-corrected chi connectivity index (χ2v) is 5.12. The molecule has 1 aliphatic rings. The molecule has 0 saturated heterocycles. The molecule has 1 saturated carbocycles. The first-order valence-electron chi connectivity index (χ1n) is 4.81. The van der Waals surface area contributed by atoms with E-state index in [1.54, 1.807) is 0 Å². The van der Waals surface area contributed by atoms with E-state index in [1.165, 1.54) is 0 Å². The minimum atomic E-state index is -2.54. The third-order valence-corrected chi connectivity index (χ3v) is 3.57. The molecule has 4 heteroatoms. The van der Waals surface area contributed by atoms with E-state index in [0.29, 0.717) is 0 Å². The highest BCUT2D eigenvalue weighted by molar-refractivity contribution is 9.10. The molecule has 0 spiro atoms. The van der Waals surface area contributed by atoms with Crippen LogP contribution in [0, 0.1) is 0 Å². The molecule has 0 heterocycles. The minimum Gasteiger partial charge on any atom is -0.330 e. The predicted octanol–water partition coefficient (Wildman–Crippen LogP) is 3.07. The van der Waals surface area contributed by atoms with Gasteiger partial charge in [-0.25, -0.2) is 8.78 Å². The molecule has 0 bridgehead atoms. The second kappa shape index (κ2) is 3.52. The van der Waals surface area contributed by atoms with Gasteiger partial charge in [0.1, 0.15) is 0 Å². The number of hydrogen-bond acceptors (Lipinski definition) is 1. The summed E-state index contributed by atoms with van der Waals surface area (Å²) in [5.41, 5.74) is 6.02. The van der Waals surface area contributed by atoms with Crippen LogP contribution in [0.2, 0.25) is 0 Å². The molecule has 0 aromatic heterocycles. The molecule has 1 fully saturated rings. The van der Waals surface area contributed by atoms with Gasteiger partial charge in [0.25, 0.3) is 0 Å². The van der Waals surface area contributed by atoms with Crippen LogP contribution in [0.4, 0.5) is 8.78 Å². The van der Waals surface area contributed by atoms with Gasteiger partial charge in [-0.15, -0.1) is 0 Å². The number of benzene rings is 1. The summed E-state index contributed by atoms with van der Waals surface area (Å²) < 4.78 is 26.8.